The summed E-state index contributed by atoms with van der Waals surface area (Å²) in [6, 6.07) is 7.76. The van der Waals surface area contributed by atoms with E-state index in [4.69, 9.17) is 0 Å². The van der Waals surface area contributed by atoms with E-state index in [1.54, 1.807) is 0 Å². The Morgan fingerprint density at radius 1 is 1.48 bits per heavy atom. The Kier molecular flexibility index (Phi) is 4.17. The third-order valence-electron chi connectivity index (χ3n) is 3.83. The summed E-state index contributed by atoms with van der Waals surface area (Å²) in [4.78, 5) is 16.2. The monoisotopic (exact) mass is 288 g/mol. The van der Waals surface area contributed by atoms with Gasteiger partial charge in [-0.3, -0.25) is 4.79 Å². The molecule has 1 aromatic carbocycles. The SMILES string of the molecule is O=C(NCCCn1cnc2ccccc21)[C@@H]1C[C@H](O)CN1. The summed E-state index contributed by atoms with van der Waals surface area (Å²) >= 11 is 0. The number of hydrogen-bond donors (Lipinski definition) is 3. The molecule has 6 heteroatoms. The van der Waals surface area contributed by atoms with Crippen LogP contribution in [-0.2, 0) is 11.3 Å². The number of nitrogens with one attached hydrogen (secondary N) is 2. The van der Waals surface area contributed by atoms with Gasteiger partial charge in [-0.25, -0.2) is 4.98 Å². The highest BCUT2D eigenvalue weighted by Gasteiger charge is 2.27. The Morgan fingerprint density at radius 2 is 2.33 bits per heavy atom. The van der Waals surface area contributed by atoms with Crippen LogP contribution >= 0.6 is 0 Å². The maximum atomic E-state index is 11.9. The molecule has 112 valence electrons. The van der Waals surface area contributed by atoms with Crippen LogP contribution in [0.25, 0.3) is 11.0 Å². The van der Waals surface area contributed by atoms with Gasteiger partial charge in [0.2, 0.25) is 5.91 Å². The van der Waals surface area contributed by atoms with Crippen LogP contribution in [0.1, 0.15) is 12.8 Å². The summed E-state index contributed by atoms with van der Waals surface area (Å²) < 4.78 is 2.10. The molecular weight excluding hydrogens is 268 g/mol. The topological polar surface area (TPSA) is 79.2 Å². The zero-order chi connectivity index (χ0) is 14.7. The smallest absolute Gasteiger partial charge is 0.237 e. The second kappa shape index (κ2) is 6.24. The molecule has 3 N–H and O–H groups in total. The van der Waals surface area contributed by atoms with Crippen molar-refractivity contribution in [3.05, 3.63) is 30.6 Å². The number of nitrogens with zero attached hydrogens (tertiary/aromatic N) is 2. The zero-order valence-corrected chi connectivity index (χ0v) is 11.8. The van der Waals surface area contributed by atoms with Crippen LogP contribution in [0.2, 0.25) is 0 Å². The summed E-state index contributed by atoms with van der Waals surface area (Å²) in [5, 5.41) is 15.3. The number of β-amino-alcohol motifs (C(OH)–C–C–N with tert-alkyl or cyclic N) is 1. The number of para-hydroxylation sites is 2. The van der Waals surface area contributed by atoms with Crippen molar-refractivity contribution in [3.8, 4) is 0 Å². The molecule has 1 aliphatic rings. The van der Waals surface area contributed by atoms with Crippen molar-refractivity contribution in [2.24, 2.45) is 0 Å². The number of aliphatic hydroxyl groups is 1. The van der Waals surface area contributed by atoms with E-state index in [9.17, 15) is 9.90 Å². The summed E-state index contributed by atoms with van der Waals surface area (Å²) in [5.41, 5.74) is 2.11. The Hall–Kier alpha value is -1.92. The van der Waals surface area contributed by atoms with Gasteiger partial charge in [0, 0.05) is 19.6 Å². The van der Waals surface area contributed by atoms with Gasteiger partial charge in [-0.05, 0) is 25.0 Å². The first-order valence-electron chi connectivity index (χ1n) is 7.33. The molecule has 1 aliphatic heterocycles. The summed E-state index contributed by atoms with van der Waals surface area (Å²) in [5.74, 6) is -0.0259. The van der Waals surface area contributed by atoms with Gasteiger partial charge in [0.15, 0.2) is 0 Å². The number of imidazole rings is 1. The molecular formula is C15H20N4O2. The maximum Gasteiger partial charge on any atom is 0.237 e. The van der Waals surface area contributed by atoms with Gasteiger partial charge >= 0.3 is 0 Å². The Balaban J connectivity index is 1.45. The van der Waals surface area contributed by atoms with Gasteiger partial charge in [-0.2, -0.15) is 0 Å². The van der Waals surface area contributed by atoms with Gasteiger partial charge in [-0.15, -0.1) is 0 Å². The first-order valence-corrected chi connectivity index (χ1v) is 7.33. The number of benzene rings is 1. The second-order valence-corrected chi connectivity index (χ2v) is 5.42. The van der Waals surface area contributed by atoms with E-state index >= 15 is 0 Å². The third-order valence-corrected chi connectivity index (χ3v) is 3.83. The largest absolute Gasteiger partial charge is 0.392 e. The molecule has 0 aliphatic carbocycles. The molecule has 1 aromatic heterocycles. The van der Waals surface area contributed by atoms with Gasteiger partial charge in [-0.1, -0.05) is 12.1 Å². The number of aryl methyl sites for hydroxylation is 1. The number of aromatic nitrogens is 2. The van der Waals surface area contributed by atoms with E-state index in [1.807, 2.05) is 30.6 Å². The van der Waals surface area contributed by atoms with Crippen LogP contribution in [0, 0.1) is 0 Å². The van der Waals surface area contributed by atoms with Gasteiger partial charge in [0.1, 0.15) is 0 Å². The molecule has 21 heavy (non-hydrogen) atoms. The Morgan fingerprint density at radius 3 is 3.14 bits per heavy atom. The standard InChI is InChI=1S/C15H20N4O2/c20-11-8-13(17-9-11)15(21)16-6-3-7-19-10-18-12-4-1-2-5-14(12)19/h1-2,4-5,10-11,13,17,20H,3,6-9H2,(H,16,21)/t11-,13-/m0/s1. The minimum absolute atomic E-state index is 0.0259. The average Bonchev–Trinajstić information content (AvgIpc) is 3.10. The molecule has 0 radical (unpaired) electrons. The molecule has 2 aromatic rings. The van der Waals surface area contributed by atoms with Crippen molar-refractivity contribution < 1.29 is 9.90 Å². The fourth-order valence-electron chi connectivity index (χ4n) is 2.69. The molecule has 1 fully saturated rings. The molecule has 0 unspecified atom stereocenters. The predicted octanol–water partition coefficient (Wildman–Crippen LogP) is 0.265. The fraction of sp³-hybridized carbons (Fsp3) is 0.467. The average molecular weight is 288 g/mol. The van der Waals surface area contributed by atoms with Crippen LogP contribution in [0.5, 0.6) is 0 Å². The highest BCUT2D eigenvalue weighted by atomic mass is 16.3. The molecule has 1 amide bonds. The van der Waals surface area contributed by atoms with E-state index in [0.29, 0.717) is 19.5 Å². The van der Waals surface area contributed by atoms with E-state index in [1.165, 1.54) is 0 Å². The van der Waals surface area contributed by atoms with Crippen LogP contribution in [-0.4, -0.2) is 45.8 Å². The number of hydrogen-bond acceptors (Lipinski definition) is 4. The summed E-state index contributed by atoms with van der Waals surface area (Å²) in [6.45, 7) is 1.94. The molecule has 0 saturated carbocycles. The first-order chi connectivity index (χ1) is 10.2. The summed E-state index contributed by atoms with van der Waals surface area (Å²) in [6.07, 6.45) is 2.78. The minimum Gasteiger partial charge on any atom is -0.392 e. The van der Waals surface area contributed by atoms with Crippen molar-refractivity contribution in [2.75, 3.05) is 13.1 Å². The predicted molar refractivity (Wildman–Crippen MR) is 79.8 cm³/mol. The van der Waals surface area contributed by atoms with Crippen molar-refractivity contribution in [1.29, 1.82) is 0 Å². The molecule has 0 bridgehead atoms. The van der Waals surface area contributed by atoms with Crippen LogP contribution in [0.15, 0.2) is 30.6 Å². The van der Waals surface area contributed by atoms with Gasteiger partial charge in [0.25, 0.3) is 0 Å². The molecule has 2 atom stereocenters. The molecule has 0 spiro atoms. The third kappa shape index (κ3) is 3.22. The number of rotatable bonds is 5. The van der Waals surface area contributed by atoms with E-state index in [0.717, 1.165) is 24.0 Å². The van der Waals surface area contributed by atoms with Gasteiger partial charge < -0.3 is 20.3 Å². The van der Waals surface area contributed by atoms with Crippen molar-refractivity contribution in [3.63, 3.8) is 0 Å². The molecule has 6 nitrogen and oxygen atoms in total. The lowest BCUT2D eigenvalue weighted by Gasteiger charge is -2.11. The number of amides is 1. The van der Waals surface area contributed by atoms with Crippen LogP contribution in [0.3, 0.4) is 0 Å². The highest BCUT2D eigenvalue weighted by Crippen LogP contribution is 2.12. The maximum absolute atomic E-state index is 11.9. The van der Waals surface area contributed by atoms with Crippen LogP contribution in [0.4, 0.5) is 0 Å². The number of aliphatic hydroxyl groups excluding tert-OH is 1. The number of carbonyl (C=O) groups excluding carboxylic acids is 1. The highest BCUT2D eigenvalue weighted by molar-refractivity contribution is 5.82. The quantitative estimate of drug-likeness (QED) is 0.690. The number of fused-ring (bicyclic) bond motifs is 1. The number of carbonyl (C=O) groups is 1. The zero-order valence-electron chi connectivity index (χ0n) is 11.8. The minimum atomic E-state index is -0.405. The Labute approximate surface area is 123 Å². The van der Waals surface area contributed by atoms with E-state index in [-0.39, 0.29) is 11.9 Å². The Bertz CT molecular complexity index is 625. The molecule has 2 heterocycles. The van der Waals surface area contributed by atoms with E-state index in [2.05, 4.69) is 20.2 Å². The van der Waals surface area contributed by atoms with Crippen molar-refractivity contribution >= 4 is 16.9 Å². The second-order valence-electron chi connectivity index (χ2n) is 5.42. The first kappa shape index (κ1) is 14.0. The van der Waals surface area contributed by atoms with Crippen LogP contribution < -0.4 is 10.6 Å². The summed E-state index contributed by atoms with van der Waals surface area (Å²) in [7, 11) is 0. The lowest BCUT2D eigenvalue weighted by molar-refractivity contribution is -0.122. The van der Waals surface area contributed by atoms with E-state index < -0.39 is 6.10 Å². The normalized spacial score (nSPS) is 21.8. The van der Waals surface area contributed by atoms with Gasteiger partial charge in [0.05, 0.1) is 29.5 Å². The lowest BCUT2D eigenvalue weighted by Crippen LogP contribution is -2.40. The fourth-order valence-corrected chi connectivity index (χ4v) is 2.69. The molecule has 3 rings (SSSR count). The van der Waals surface area contributed by atoms with Crippen molar-refractivity contribution in [1.82, 2.24) is 20.2 Å². The molecule has 1 saturated heterocycles. The van der Waals surface area contributed by atoms with Crippen molar-refractivity contribution in [2.45, 2.75) is 31.5 Å². The lowest BCUT2D eigenvalue weighted by atomic mass is 10.2.